The second-order valence-corrected chi connectivity index (χ2v) is 5.69. The summed E-state index contributed by atoms with van der Waals surface area (Å²) in [7, 11) is 0. The molecule has 0 saturated carbocycles. The van der Waals surface area contributed by atoms with Gasteiger partial charge in [-0.3, -0.25) is 9.69 Å². The Hall–Kier alpha value is -1.43. The van der Waals surface area contributed by atoms with E-state index in [9.17, 15) is 4.79 Å². The lowest BCUT2D eigenvalue weighted by Crippen LogP contribution is -2.45. The summed E-state index contributed by atoms with van der Waals surface area (Å²) in [5.74, 6) is -0.0592. The molecule has 2 heterocycles. The third-order valence-electron chi connectivity index (χ3n) is 4.09. The zero-order chi connectivity index (χ0) is 14.5. The van der Waals surface area contributed by atoms with Gasteiger partial charge in [0.25, 0.3) is 5.91 Å². The average Bonchev–Trinajstić information content (AvgIpc) is 3.03. The van der Waals surface area contributed by atoms with Crippen LogP contribution in [0.3, 0.4) is 0 Å². The molecule has 1 aromatic rings. The Balaban J connectivity index is 1.65. The molecule has 3 rings (SSSR count). The van der Waals surface area contributed by atoms with Crippen molar-refractivity contribution in [2.45, 2.75) is 25.5 Å². The molecule has 5 nitrogen and oxygen atoms in total. The van der Waals surface area contributed by atoms with Gasteiger partial charge in [-0.05, 0) is 37.6 Å². The van der Waals surface area contributed by atoms with Gasteiger partial charge < -0.3 is 15.4 Å². The van der Waals surface area contributed by atoms with Gasteiger partial charge in [0.2, 0.25) is 0 Å². The van der Waals surface area contributed by atoms with Crippen molar-refractivity contribution in [1.29, 1.82) is 0 Å². The predicted octanol–water partition coefficient (Wildman–Crippen LogP) is 1.21. The van der Waals surface area contributed by atoms with Crippen LogP contribution in [0.5, 0.6) is 0 Å². The first-order valence-electron chi connectivity index (χ1n) is 7.76. The monoisotopic (exact) mass is 289 g/mol. The zero-order valence-electron chi connectivity index (χ0n) is 12.3. The molecule has 1 atom stereocenters. The van der Waals surface area contributed by atoms with Gasteiger partial charge in [0.1, 0.15) is 6.10 Å². The van der Waals surface area contributed by atoms with E-state index in [4.69, 9.17) is 4.74 Å². The summed E-state index contributed by atoms with van der Waals surface area (Å²) < 4.78 is 5.50. The van der Waals surface area contributed by atoms with Crippen LogP contribution in [0.4, 0.5) is 5.69 Å². The van der Waals surface area contributed by atoms with E-state index in [0.29, 0.717) is 13.2 Å². The van der Waals surface area contributed by atoms with Crippen molar-refractivity contribution in [3.63, 3.8) is 0 Å². The molecule has 1 amide bonds. The Morgan fingerprint density at radius 3 is 2.90 bits per heavy atom. The minimum Gasteiger partial charge on any atom is -0.366 e. The topological polar surface area (TPSA) is 53.6 Å². The van der Waals surface area contributed by atoms with Gasteiger partial charge in [-0.15, -0.1) is 0 Å². The van der Waals surface area contributed by atoms with E-state index in [1.165, 1.54) is 18.4 Å². The molecule has 1 aromatic carbocycles. The molecular weight excluding hydrogens is 266 g/mol. The lowest BCUT2D eigenvalue weighted by atomic mass is 10.1. The van der Waals surface area contributed by atoms with Gasteiger partial charge in [-0.1, -0.05) is 18.2 Å². The summed E-state index contributed by atoms with van der Waals surface area (Å²) in [6.45, 7) is 5.19. The number of anilines is 1. The number of hydrogen-bond acceptors (Lipinski definition) is 4. The number of likely N-dealkylation sites (tertiary alicyclic amines) is 1. The molecule has 0 radical (unpaired) electrons. The van der Waals surface area contributed by atoms with Crippen molar-refractivity contribution in [1.82, 2.24) is 10.2 Å². The number of rotatable bonds is 4. The summed E-state index contributed by atoms with van der Waals surface area (Å²) >= 11 is 0. The lowest BCUT2D eigenvalue weighted by Gasteiger charge is -2.24. The highest BCUT2D eigenvalue weighted by Gasteiger charge is 2.22. The molecule has 2 N–H and O–H groups in total. The number of nitrogens with zero attached hydrogens (tertiary/aromatic N) is 1. The fourth-order valence-electron chi connectivity index (χ4n) is 2.91. The average molecular weight is 289 g/mol. The van der Waals surface area contributed by atoms with Crippen LogP contribution in [-0.4, -0.2) is 49.7 Å². The van der Waals surface area contributed by atoms with Crippen LogP contribution in [0.1, 0.15) is 18.4 Å². The molecule has 2 aliphatic rings. The first-order valence-corrected chi connectivity index (χ1v) is 7.76. The van der Waals surface area contributed by atoms with Crippen molar-refractivity contribution in [2.75, 3.05) is 38.1 Å². The minimum absolute atomic E-state index is 0.0592. The highest BCUT2D eigenvalue weighted by molar-refractivity contribution is 5.95. The number of hydrogen-bond donors (Lipinski definition) is 2. The van der Waals surface area contributed by atoms with Crippen molar-refractivity contribution in [2.24, 2.45) is 0 Å². The van der Waals surface area contributed by atoms with Crippen LogP contribution in [-0.2, 0) is 16.1 Å². The third-order valence-corrected chi connectivity index (χ3v) is 4.09. The Morgan fingerprint density at radius 2 is 2.14 bits per heavy atom. The number of carbonyl (C=O) groups is 1. The number of carbonyl (C=O) groups excluding carboxylic acids is 1. The van der Waals surface area contributed by atoms with E-state index in [-0.39, 0.29) is 5.91 Å². The largest absolute Gasteiger partial charge is 0.366 e. The number of nitrogens with one attached hydrogen (secondary N) is 2. The molecule has 0 bridgehead atoms. The van der Waals surface area contributed by atoms with Crippen LogP contribution in [0, 0.1) is 0 Å². The molecule has 5 heteroatoms. The number of benzene rings is 1. The molecule has 21 heavy (non-hydrogen) atoms. The fourth-order valence-corrected chi connectivity index (χ4v) is 2.91. The van der Waals surface area contributed by atoms with Crippen LogP contribution in [0.25, 0.3) is 0 Å². The van der Waals surface area contributed by atoms with Crippen LogP contribution < -0.4 is 10.6 Å². The van der Waals surface area contributed by atoms with Crippen LogP contribution in [0.2, 0.25) is 0 Å². The third kappa shape index (κ3) is 3.81. The standard InChI is InChI=1S/C16H23N3O2/c20-16(15-11-17-7-10-21-15)18-14-6-2-1-5-13(14)12-19-8-3-4-9-19/h1-2,5-6,15,17H,3-4,7-12H2,(H,18,20). The Bertz CT molecular complexity index is 480. The normalized spacial score (nSPS) is 23.1. The van der Waals surface area contributed by atoms with Gasteiger partial charge in [0.15, 0.2) is 0 Å². The predicted molar refractivity (Wildman–Crippen MR) is 82.2 cm³/mol. The quantitative estimate of drug-likeness (QED) is 0.875. The highest BCUT2D eigenvalue weighted by atomic mass is 16.5. The molecule has 2 fully saturated rings. The minimum atomic E-state index is -0.390. The van der Waals surface area contributed by atoms with Gasteiger partial charge >= 0.3 is 0 Å². The number of ether oxygens (including phenoxy) is 1. The summed E-state index contributed by atoms with van der Waals surface area (Å²) in [5, 5.41) is 6.20. The highest BCUT2D eigenvalue weighted by Crippen LogP contribution is 2.20. The number of amides is 1. The summed E-state index contributed by atoms with van der Waals surface area (Å²) in [6, 6.07) is 8.05. The second-order valence-electron chi connectivity index (χ2n) is 5.69. The molecule has 1 unspecified atom stereocenters. The van der Waals surface area contributed by atoms with Crippen LogP contribution >= 0.6 is 0 Å². The van der Waals surface area contributed by atoms with E-state index in [0.717, 1.165) is 31.9 Å². The maximum Gasteiger partial charge on any atom is 0.254 e. The van der Waals surface area contributed by atoms with Crippen molar-refractivity contribution < 1.29 is 9.53 Å². The molecule has 2 aliphatic heterocycles. The van der Waals surface area contributed by atoms with Gasteiger partial charge in [-0.2, -0.15) is 0 Å². The van der Waals surface area contributed by atoms with Gasteiger partial charge in [0, 0.05) is 25.3 Å². The fraction of sp³-hybridized carbons (Fsp3) is 0.562. The van der Waals surface area contributed by atoms with E-state index in [1.807, 2.05) is 18.2 Å². The summed E-state index contributed by atoms with van der Waals surface area (Å²) in [5.41, 5.74) is 2.08. The summed E-state index contributed by atoms with van der Waals surface area (Å²) in [4.78, 5) is 14.7. The van der Waals surface area contributed by atoms with E-state index in [2.05, 4.69) is 21.6 Å². The molecule has 0 aliphatic carbocycles. The van der Waals surface area contributed by atoms with Gasteiger partial charge in [0.05, 0.1) is 6.61 Å². The molecule has 0 spiro atoms. The maximum atomic E-state index is 12.3. The molecule has 0 aromatic heterocycles. The van der Waals surface area contributed by atoms with Crippen LogP contribution in [0.15, 0.2) is 24.3 Å². The lowest BCUT2D eigenvalue weighted by molar-refractivity contribution is -0.128. The first-order chi connectivity index (χ1) is 10.3. The van der Waals surface area contributed by atoms with E-state index < -0.39 is 6.10 Å². The number of para-hydroxylation sites is 1. The molecular formula is C16H23N3O2. The number of morpholine rings is 1. The first kappa shape index (κ1) is 14.5. The Kier molecular flexibility index (Phi) is 4.85. The van der Waals surface area contributed by atoms with Crippen molar-refractivity contribution in [3.8, 4) is 0 Å². The van der Waals surface area contributed by atoms with Crippen molar-refractivity contribution in [3.05, 3.63) is 29.8 Å². The SMILES string of the molecule is O=C(Nc1ccccc1CN1CCCC1)C1CNCCO1. The Morgan fingerprint density at radius 1 is 1.33 bits per heavy atom. The smallest absolute Gasteiger partial charge is 0.254 e. The van der Waals surface area contributed by atoms with Gasteiger partial charge in [-0.25, -0.2) is 0 Å². The molecule has 2 saturated heterocycles. The van der Waals surface area contributed by atoms with Crippen molar-refractivity contribution >= 4 is 11.6 Å². The zero-order valence-corrected chi connectivity index (χ0v) is 12.3. The maximum absolute atomic E-state index is 12.3. The van der Waals surface area contributed by atoms with E-state index in [1.54, 1.807) is 0 Å². The second kappa shape index (κ2) is 7.02. The molecule has 114 valence electrons. The summed E-state index contributed by atoms with van der Waals surface area (Å²) in [6.07, 6.45) is 2.16. The van der Waals surface area contributed by atoms with E-state index >= 15 is 0 Å². The Labute approximate surface area is 125 Å².